The zero-order valence-corrected chi connectivity index (χ0v) is 21.1. The van der Waals surface area contributed by atoms with Crippen LogP contribution < -0.4 is 10.2 Å². The number of fused-ring (bicyclic) bond motifs is 2. The lowest BCUT2D eigenvalue weighted by atomic mass is 10.1. The lowest BCUT2D eigenvalue weighted by molar-refractivity contribution is -0.384. The number of nitrogens with one attached hydrogen (secondary N) is 1. The van der Waals surface area contributed by atoms with Crippen molar-refractivity contribution in [2.24, 2.45) is 5.10 Å². The van der Waals surface area contributed by atoms with E-state index >= 15 is 0 Å². The Morgan fingerprint density at radius 3 is 2.67 bits per heavy atom. The molecular formula is C27H18BrN3O4S. The average Bonchev–Trinajstić information content (AvgIpc) is 3.32. The van der Waals surface area contributed by atoms with Gasteiger partial charge in [0.1, 0.15) is 12.4 Å². The summed E-state index contributed by atoms with van der Waals surface area (Å²) in [6.07, 6.45) is 1.52. The first-order valence-corrected chi connectivity index (χ1v) is 12.5. The molecule has 0 aliphatic heterocycles. The van der Waals surface area contributed by atoms with Crippen molar-refractivity contribution in [1.29, 1.82) is 0 Å². The number of halogens is 1. The molecule has 1 amide bonds. The van der Waals surface area contributed by atoms with Gasteiger partial charge in [-0.15, -0.1) is 11.3 Å². The molecular weight excluding hydrogens is 542 g/mol. The molecule has 0 bridgehead atoms. The minimum atomic E-state index is -0.460. The van der Waals surface area contributed by atoms with Crippen molar-refractivity contribution in [3.8, 4) is 5.75 Å². The third-order valence-corrected chi connectivity index (χ3v) is 7.09. The molecule has 7 nitrogen and oxygen atoms in total. The fraction of sp³-hybridized carbons (Fsp3) is 0.0370. The number of carbonyl (C=O) groups excluding carboxylic acids is 1. The number of hydrogen-bond acceptors (Lipinski definition) is 6. The molecule has 0 aliphatic rings. The molecule has 5 aromatic rings. The molecule has 1 N–H and O–H groups in total. The lowest BCUT2D eigenvalue weighted by Gasteiger charge is -2.10. The topological polar surface area (TPSA) is 93.8 Å². The van der Waals surface area contributed by atoms with Crippen molar-refractivity contribution in [2.75, 3.05) is 0 Å². The van der Waals surface area contributed by atoms with Crippen molar-refractivity contribution < 1.29 is 14.5 Å². The van der Waals surface area contributed by atoms with E-state index < -0.39 is 10.8 Å². The highest BCUT2D eigenvalue weighted by Gasteiger charge is 2.13. The number of non-ortho nitro benzene ring substituents is 1. The first kappa shape index (κ1) is 23.7. The number of nitro benzene ring substituents is 1. The van der Waals surface area contributed by atoms with Crippen LogP contribution in [0, 0.1) is 10.1 Å². The Hall–Kier alpha value is -4.08. The van der Waals surface area contributed by atoms with Crippen LogP contribution in [0.2, 0.25) is 0 Å². The molecule has 0 radical (unpaired) electrons. The second kappa shape index (κ2) is 10.3. The smallest absolute Gasteiger partial charge is 0.281 e. The van der Waals surface area contributed by atoms with Gasteiger partial charge in [-0.1, -0.05) is 52.3 Å². The molecule has 0 unspecified atom stereocenters. The fourth-order valence-corrected chi connectivity index (χ4v) is 5.02. The maximum Gasteiger partial charge on any atom is 0.281 e. The van der Waals surface area contributed by atoms with Crippen molar-refractivity contribution in [3.05, 3.63) is 116 Å². The zero-order chi connectivity index (χ0) is 25.1. The van der Waals surface area contributed by atoms with E-state index in [1.54, 1.807) is 12.1 Å². The predicted molar refractivity (Wildman–Crippen MR) is 146 cm³/mol. The molecule has 0 saturated heterocycles. The summed E-state index contributed by atoms with van der Waals surface area (Å²) >= 11 is 4.71. The lowest BCUT2D eigenvalue weighted by Crippen LogP contribution is -2.16. The first-order valence-electron chi connectivity index (χ1n) is 10.9. The Balaban J connectivity index is 1.28. The summed E-state index contributed by atoms with van der Waals surface area (Å²) in [6, 6.07) is 26.1. The Kier molecular flexibility index (Phi) is 6.75. The monoisotopic (exact) mass is 559 g/mol. The Morgan fingerprint density at radius 1 is 1.00 bits per heavy atom. The summed E-state index contributed by atoms with van der Waals surface area (Å²) in [5.41, 5.74) is 4.24. The molecule has 1 heterocycles. The van der Waals surface area contributed by atoms with E-state index in [1.165, 1.54) is 35.1 Å². The quantitative estimate of drug-likeness (QED) is 0.131. The summed E-state index contributed by atoms with van der Waals surface area (Å²) in [5, 5.41) is 18.1. The molecule has 0 aliphatic carbocycles. The Morgan fingerprint density at radius 2 is 1.83 bits per heavy atom. The van der Waals surface area contributed by atoms with E-state index in [0.717, 1.165) is 20.1 Å². The minimum Gasteiger partial charge on any atom is -0.488 e. The average molecular weight is 560 g/mol. The van der Waals surface area contributed by atoms with E-state index in [4.69, 9.17) is 4.74 Å². The highest BCUT2D eigenvalue weighted by atomic mass is 79.9. The minimum absolute atomic E-state index is 0.0175. The number of thiophene rings is 1. The van der Waals surface area contributed by atoms with E-state index in [1.807, 2.05) is 36.4 Å². The molecule has 0 saturated carbocycles. The molecule has 0 spiro atoms. The molecule has 0 fully saturated rings. The van der Waals surface area contributed by atoms with Gasteiger partial charge in [-0.2, -0.15) is 5.10 Å². The van der Waals surface area contributed by atoms with Crippen LogP contribution in [0.3, 0.4) is 0 Å². The van der Waals surface area contributed by atoms with Crippen LogP contribution in [0.15, 0.2) is 94.5 Å². The third kappa shape index (κ3) is 5.27. The summed E-state index contributed by atoms with van der Waals surface area (Å²) in [6.45, 7) is 0.383. The normalized spacial score (nSPS) is 11.2. The van der Waals surface area contributed by atoms with Crippen LogP contribution in [0.25, 0.3) is 20.9 Å². The van der Waals surface area contributed by atoms with Gasteiger partial charge in [-0.3, -0.25) is 14.9 Å². The maximum atomic E-state index is 12.6. The molecule has 178 valence electrons. The number of hydrogen-bond donors (Lipinski definition) is 1. The van der Waals surface area contributed by atoms with Gasteiger partial charge in [0.25, 0.3) is 11.6 Å². The molecule has 36 heavy (non-hydrogen) atoms. The number of nitro groups is 1. The van der Waals surface area contributed by atoms with Gasteiger partial charge in [-0.25, -0.2) is 5.43 Å². The highest BCUT2D eigenvalue weighted by molar-refractivity contribution is 9.10. The molecule has 4 aromatic carbocycles. The van der Waals surface area contributed by atoms with E-state index in [9.17, 15) is 14.9 Å². The number of ether oxygens (including phenoxy) is 1. The van der Waals surface area contributed by atoms with Crippen molar-refractivity contribution in [3.63, 3.8) is 0 Å². The Bertz CT molecular complexity index is 1650. The number of amides is 1. The molecule has 0 atom stereocenters. The van der Waals surface area contributed by atoms with Gasteiger partial charge in [0.15, 0.2) is 0 Å². The van der Waals surface area contributed by atoms with E-state index in [-0.39, 0.29) is 5.69 Å². The Labute approximate surface area is 218 Å². The molecule has 1 aromatic heterocycles. The number of carbonyl (C=O) groups is 1. The summed E-state index contributed by atoms with van der Waals surface area (Å²) in [5.74, 6) is 0.224. The van der Waals surface area contributed by atoms with Crippen LogP contribution in [-0.2, 0) is 6.61 Å². The van der Waals surface area contributed by atoms with Gasteiger partial charge in [0, 0.05) is 32.3 Å². The van der Waals surface area contributed by atoms with Gasteiger partial charge in [0.05, 0.1) is 16.0 Å². The molecule has 9 heteroatoms. The van der Waals surface area contributed by atoms with Crippen molar-refractivity contribution in [1.82, 2.24) is 5.43 Å². The fourth-order valence-electron chi connectivity index (χ4n) is 3.71. The van der Waals surface area contributed by atoms with Gasteiger partial charge < -0.3 is 4.74 Å². The van der Waals surface area contributed by atoms with Gasteiger partial charge in [-0.05, 0) is 52.7 Å². The summed E-state index contributed by atoms with van der Waals surface area (Å²) in [7, 11) is 0. The number of nitrogens with zero attached hydrogens (tertiary/aromatic N) is 2. The second-order valence-corrected chi connectivity index (χ2v) is 9.94. The maximum absolute atomic E-state index is 12.6. The van der Waals surface area contributed by atoms with E-state index in [0.29, 0.717) is 28.2 Å². The van der Waals surface area contributed by atoms with Crippen LogP contribution in [0.4, 0.5) is 5.69 Å². The predicted octanol–water partition coefficient (Wildman–Crippen LogP) is 7.07. The third-order valence-electron chi connectivity index (χ3n) is 5.48. The molecule has 5 rings (SSSR count). The van der Waals surface area contributed by atoms with Gasteiger partial charge >= 0.3 is 0 Å². The largest absolute Gasteiger partial charge is 0.488 e. The highest BCUT2D eigenvalue weighted by Crippen LogP contribution is 2.29. The van der Waals surface area contributed by atoms with Crippen LogP contribution >= 0.6 is 27.3 Å². The van der Waals surface area contributed by atoms with E-state index in [2.05, 4.69) is 50.7 Å². The van der Waals surface area contributed by atoms with Crippen molar-refractivity contribution >= 4 is 65.9 Å². The van der Waals surface area contributed by atoms with Crippen LogP contribution in [0.1, 0.15) is 20.8 Å². The number of rotatable bonds is 7. The summed E-state index contributed by atoms with van der Waals surface area (Å²) < 4.78 is 7.69. The first-order chi connectivity index (χ1) is 17.5. The van der Waals surface area contributed by atoms with Crippen LogP contribution in [0.5, 0.6) is 5.75 Å². The zero-order valence-electron chi connectivity index (χ0n) is 18.7. The number of benzene rings is 4. The van der Waals surface area contributed by atoms with Crippen molar-refractivity contribution in [2.45, 2.75) is 6.61 Å². The standard InChI is InChI=1S/C27H18BrN3O4S/c28-22-7-9-24(35-16-17-5-6-18-3-1-2-4-19(18)11-17)21(12-22)15-29-30-27(32)26-14-20-13-23(31(33)34)8-10-25(20)36-26/h1-15H,16H2,(H,30,32)/b29-15-. The second-order valence-electron chi connectivity index (χ2n) is 7.94. The summed E-state index contributed by atoms with van der Waals surface area (Å²) in [4.78, 5) is 23.5. The van der Waals surface area contributed by atoms with Crippen LogP contribution in [-0.4, -0.2) is 17.0 Å². The van der Waals surface area contributed by atoms with Gasteiger partial charge in [0.2, 0.25) is 0 Å². The number of hydrazone groups is 1. The SMILES string of the molecule is O=C(N/N=C\c1cc(Br)ccc1OCc1ccc2ccccc2c1)c1cc2cc([N+](=O)[O-])ccc2s1.